The zero-order chi connectivity index (χ0) is 12.3. The Labute approximate surface area is 98.5 Å². The lowest BCUT2D eigenvalue weighted by Gasteiger charge is -1.95. The van der Waals surface area contributed by atoms with Gasteiger partial charge in [0.15, 0.2) is 11.5 Å². The van der Waals surface area contributed by atoms with E-state index >= 15 is 0 Å². The van der Waals surface area contributed by atoms with E-state index < -0.39 is 0 Å². The largest absolute Gasteiger partial charge is 0.455 e. The average Bonchev–Trinajstić information content (AvgIpc) is 2.95. The first-order chi connectivity index (χ1) is 8.28. The second-order valence-electron chi connectivity index (χ2n) is 3.53. The van der Waals surface area contributed by atoms with Gasteiger partial charge < -0.3 is 19.0 Å². The Morgan fingerprint density at radius 2 is 1.88 bits per heavy atom. The molecule has 0 saturated carbocycles. The molecule has 2 heterocycles. The molecule has 2 aromatic heterocycles. The normalized spacial score (nSPS) is 10.4. The van der Waals surface area contributed by atoms with Crippen molar-refractivity contribution in [2.75, 3.05) is 0 Å². The molecule has 2 N–H and O–H groups in total. The lowest BCUT2D eigenvalue weighted by molar-refractivity contribution is 0.243. The van der Waals surface area contributed by atoms with Gasteiger partial charge in [0.2, 0.25) is 0 Å². The number of hydrogen-bond donors (Lipinski definition) is 2. The molecule has 0 aliphatic heterocycles. The molecule has 0 fully saturated rings. The Bertz CT molecular complexity index is 542. The highest BCUT2D eigenvalue weighted by atomic mass is 16.4. The van der Waals surface area contributed by atoms with Gasteiger partial charge in [-0.05, 0) is 18.2 Å². The van der Waals surface area contributed by atoms with Crippen molar-refractivity contribution in [3.63, 3.8) is 0 Å². The molecule has 0 spiro atoms. The fourth-order valence-corrected chi connectivity index (χ4v) is 1.60. The SMILES string of the molecule is C#CCc1cc(CO)oc1-c1ccc(CO)o1. The Balaban J connectivity index is 2.42. The van der Waals surface area contributed by atoms with Crippen molar-refractivity contribution in [2.24, 2.45) is 0 Å². The highest BCUT2D eigenvalue weighted by Crippen LogP contribution is 2.29. The third kappa shape index (κ3) is 2.26. The van der Waals surface area contributed by atoms with Crippen LogP contribution < -0.4 is 0 Å². The second-order valence-corrected chi connectivity index (χ2v) is 3.53. The summed E-state index contributed by atoms with van der Waals surface area (Å²) in [7, 11) is 0. The standard InChI is InChI=1S/C13H12O4/c1-2-3-9-6-11(8-15)17-13(9)12-5-4-10(7-14)16-12/h1,4-6,14-15H,3,7-8H2. The van der Waals surface area contributed by atoms with E-state index in [1.165, 1.54) is 0 Å². The molecule has 0 amide bonds. The van der Waals surface area contributed by atoms with Crippen LogP contribution in [0.1, 0.15) is 17.1 Å². The molecule has 2 aromatic rings. The molecule has 4 nitrogen and oxygen atoms in total. The van der Waals surface area contributed by atoms with Crippen molar-refractivity contribution in [1.29, 1.82) is 0 Å². The van der Waals surface area contributed by atoms with Gasteiger partial charge in [0.25, 0.3) is 0 Å². The van der Waals surface area contributed by atoms with Gasteiger partial charge in [0.1, 0.15) is 24.7 Å². The Kier molecular flexibility index (Phi) is 3.33. The minimum atomic E-state index is -0.189. The average molecular weight is 232 g/mol. The summed E-state index contributed by atoms with van der Waals surface area (Å²) in [6.45, 7) is -0.358. The van der Waals surface area contributed by atoms with Gasteiger partial charge in [-0.1, -0.05) is 0 Å². The molecule has 88 valence electrons. The molecule has 0 atom stereocenters. The first kappa shape index (κ1) is 11.5. The second kappa shape index (κ2) is 4.91. The van der Waals surface area contributed by atoms with Crippen LogP contribution in [0.3, 0.4) is 0 Å². The molecule has 0 aliphatic rings. The molecular weight excluding hydrogens is 220 g/mol. The van der Waals surface area contributed by atoms with Crippen molar-refractivity contribution in [3.05, 3.63) is 35.3 Å². The van der Waals surface area contributed by atoms with Crippen LogP contribution >= 0.6 is 0 Å². The van der Waals surface area contributed by atoms with Crippen LogP contribution in [0.25, 0.3) is 11.5 Å². The van der Waals surface area contributed by atoms with E-state index in [1.807, 2.05) is 0 Å². The summed E-state index contributed by atoms with van der Waals surface area (Å²) in [5, 5.41) is 18.0. The maximum absolute atomic E-state index is 9.03. The molecule has 4 heteroatoms. The van der Waals surface area contributed by atoms with Crippen LogP contribution in [-0.4, -0.2) is 10.2 Å². The van der Waals surface area contributed by atoms with Crippen LogP contribution in [0, 0.1) is 12.3 Å². The lowest BCUT2D eigenvalue weighted by atomic mass is 10.1. The van der Waals surface area contributed by atoms with E-state index in [9.17, 15) is 0 Å². The van der Waals surface area contributed by atoms with Gasteiger partial charge in [-0.15, -0.1) is 12.3 Å². The molecule has 2 rings (SSSR count). The molecule has 0 aliphatic carbocycles. The zero-order valence-electron chi connectivity index (χ0n) is 9.14. The van der Waals surface area contributed by atoms with Crippen molar-refractivity contribution < 1.29 is 19.0 Å². The summed E-state index contributed by atoms with van der Waals surface area (Å²) in [6.07, 6.45) is 5.66. The van der Waals surface area contributed by atoms with Crippen molar-refractivity contribution in [1.82, 2.24) is 0 Å². The molecular formula is C13H12O4. The van der Waals surface area contributed by atoms with Crippen molar-refractivity contribution in [2.45, 2.75) is 19.6 Å². The number of hydrogen-bond acceptors (Lipinski definition) is 4. The van der Waals surface area contributed by atoms with Crippen LogP contribution in [0.4, 0.5) is 0 Å². The first-order valence-electron chi connectivity index (χ1n) is 5.14. The van der Waals surface area contributed by atoms with E-state index in [2.05, 4.69) is 5.92 Å². The predicted octanol–water partition coefficient (Wildman–Crippen LogP) is 1.70. The number of aliphatic hydroxyl groups excluding tert-OH is 2. The fourth-order valence-electron chi connectivity index (χ4n) is 1.60. The number of furan rings is 2. The van der Waals surface area contributed by atoms with Gasteiger partial charge in [0, 0.05) is 12.0 Å². The molecule has 0 bridgehead atoms. The van der Waals surface area contributed by atoms with Gasteiger partial charge in [-0.3, -0.25) is 0 Å². The third-order valence-electron chi connectivity index (χ3n) is 2.35. The molecule has 0 radical (unpaired) electrons. The van der Waals surface area contributed by atoms with Crippen molar-refractivity contribution in [3.8, 4) is 23.9 Å². The van der Waals surface area contributed by atoms with Crippen LogP contribution in [0.15, 0.2) is 27.0 Å². The Morgan fingerprint density at radius 1 is 1.12 bits per heavy atom. The summed E-state index contributed by atoms with van der Waals surface area (Å²) in [4.78, 5) is 0. The van der Waals surface area contributed by atoms with E-state index in [4.69, 9.17) is 25.5 Å². The summed E-state index contributed by atoms with van der Waals surface area (Å²) < 4.78 is 10.8. The molecule has 0 unspecified atom stereocenters. The topological polar surface area (TPSA) is 66.7 Å². The smallest absolute Gasteiger partial charge is 0.173 e. The van der Waals surface area contributed by atoms with E-state index in [-0.39, 0.29) is 13.2 Å². The molecule has 0 saturated heterocycles. The maximum atomic E-state index is 9.03. The van der Waals surface area contributed by atoms with E-state index in [0.29, 0.717) is 29.5 Å². The Hall–Kier alpha value is -1.96. The number of rotatable bonds is 4. The predicted molar refractivity (Wildman–Crippen MR) is 60.8 cm³/mol. The first-order valence-corrected chi connectivity index (χ1v) is 5.14. The molecule has 0 aromatic carbocycles. The minimum Gasteiger partial charge on any atom is -0.455 e. The monoisotopic (exact) mass is 232 g/mol. The van der Waals surface area contributed by atoms with E-state index in [0.717, 1.165) is 5.56 Å². The van der Waals surface area contributed by atoms with E-state index in [1.54, 1.807) is 18.2 Å². The fraction of sp³-hybridized carbons (Fsp3) is 0.231. The summed E-state index contributed by atoms with van der Waals surface area (Å²) in [5.74, 6) is 4.41. The van der Waals surface area contributed by atoms with Crippen molar-refractivity contribution >= 4 is 0 Å². The highest BCUT2D eigenvalue weighted by molar-refractivity contribution is 5.57. The maximum Gasteiger partial charge on any atom is 0.173 e. The number of aliphatic hydroxyl groups is 2. The minimum absolute atomic E-state index is 0.169. The summed E-state index contributed by atoms with van der Waals surface area (Å²) in [5.41, 5.74) is 0.787. The third-order valence-corrected chi connectivity index (χ3v) is 2.35. The van der Waals surface area contributed by atoms with Crippen LogP contribution in [0.5, 0.6) is 0 Å². The lowest BCUT2D eigenvalue weighted by Crippen LogP contribution is -1.81. The number of terminal acetylenes is 1. The van der Waals surface area contributed by atoms with Crippen LogP contribution in [-0.2, 0) is 19.6 Å². The van der Waals surface area contributed by atoms with Gasteiger partial charge in [-0.2, -0.15) is 0 Å². The zero-order valence-corrected chi connectivity index (χ0v) is 9.14. The quantitative estimate of drug-likeness (QED) is 0.787. The highest BCUT2D eigenvalue weighted by Gasteiger charge is 2.15. The van der Waals surface area contributed by atoms with Gasteiger partial charge >= 0.3 is 0 Å². The Morgan fingerprint density at radius 3 is 2.47 bits per heavy atom. The summed E-state index contributed by atoms with van der Waals surface area (Å²) in [6, 6.07) is 5.07. The van der Waals surface area contributed by atoms with Gasteiger partial charge in [0.05, 0.1) is 0 Å². The summed E-state index contributed by atoms with van der Waals surface area (Å²) >= 11 is 0. The van der Waals surface area contributed by atoms with Gasteiger partial charge in [-0.25, -0.2) is 0 Å². The van der Waals surface area contributed by atoms with Crippen LogP contribution in [0.2, 0.25) is 0 Å². The molecule has 17 heavy (non-hydrogen) atoms.